The van der Waals surface area contributed by atoms with E-state index in [0.29, 0.717) is 23.0 Å². The van der Waals surface area contributed by atoms with Crippen LogP contribution in [-0.2, 0) is 14.8 Å². The van der Waals surface area contributed by atoms with Gasteiger partial charge in [0.15, 0.2) is 0 Å². The van der Waals surface area contributed by atoms with E-state index in [2.05, 4.69) is 0 Å². The number of thiophene rings is 1. The minimum Gasteiger partial charge on any atom is -0.376 e. The quantitative estimate of drug-likeness (QED) is 0.849. The van der Waals surface area contributed by atoms with Crippen LogP contribution >= 0.6 is 11.3 Å². The second-order valence-electron chi connectivity index (χ2n) is 4.94. The van der Waals surface area contributed by atoms with E-state index >= 15 is 0 Å². The van der Waals surface area contributed by atoms with Crippen LogP contribution in [0.15, 0.2) is 52.1 Å². The van der Waals surface area contributed by atoms with Crippen LogP contribution in [0.25, 0.3) is 0 Å². The van der Waals surface area contributed by atoms with E-state index in [9.17, 15) is 8.42 Å². The van der Waals surface area contributed by atoms with Gasteiger partial charge in [0.2, 0.25) is 0 Å². The summed E-state index contributed by atoms with van der Waals surface area (Å²) in [6, 6.07) is 12.6. The summed E-state index contributed by atoms with van der Waals surface area (Å²) in [7, 11) is -3.53. The van der Waals surface area contributed by atoms with Gasteiger partial charge in [-0.3, -0.25) is 4.31 Å². The first-order valence-corrected chi connectivity index (χ1v) is 9.23. The maximum absolute atomic E-state index is 12.9. The molecule has 1 saturated heterocycles. The molecule has 0 amide bonds. The second kappa shape index (κ2) is 6.17. The fourth-order valence-corrected chi connectivity index (χ4v) is 5.03. The predicted octanol–water partition coefficient (Wildman–Crippen LogP) is 3.12. The Morgan fingerprint density at radius 3 is 2.62 bits per heavy atom. The number of nitrogens with zero attached hydrogens (tertiary/aromatic N) is 1. The molecule has 6 heteroatoms. The van der Waals surface area contributed by atoms with Crippen molar-refractivity contribution in [1.82, 2.24) is 0 Å². The molecule has 0 bridgehead atoms. The van der Waals surface area contributed by atoms with Crippen molar-refractivity contribution in [2.45, 2.75) is 23.2 Å². The summed E-state index contributed by atoms with van der Waals surface area (Å²) < 4.78 is 33.2. The third-order valence-electron chi connectivity index (χ3n) is 3.48. The molecule has 1 fully saturated rings. The standard InChI is InChI=1S/C15H17NO3S2/c17-21(18,15-9-5-11-20-15)16(12-14-8-4-10-19-14)13-6-2-1-3-7-13/h1-3,5-7,9,11,14H,4,8,10,12H2. The summed E-state index contributed by atoms with van der Waals surface area (Å²) in [5.41, 5.74) is 0.682. The SMILES string of the molecule is O=S(=O)(c1cccs1)N(CC1CCCO1)c1ccccc1. The molecule has 4 nitrogen and oxygen atoms in total. The van der Waals surface area contributed by atoms with E-state index in [1.165, 1.54) is 15.6 Å². The lowest BCUT2D eigenvalue weighted by Gasteiger charge is -2.26. The maximum atomic E-state index is 12.9. The lowest BCUT2D eigenvalue weighted by molar-refractivity contribution is 0.118. The van der Waals surface area contributed by atoms with Gasteiger partial charge >= 0.3 is 0 Å². The zero-order chi connectivity index (χ0) is 14.7. The first kappa shape index (κ1) is 14.6. The number of sulfonamides is 1. The molecule has 21 heavy (non-hydrogen) atoms. The van der Waals surface area contributed by atoms with E-state index in [1.807, 2.05) is 30.3 Å². The molecule has 2 heterocycles. The first-order valence-electron chi connectivity index (χ1n) is 6.91. The molecule has 1 aromatic heterocycles. The van der Waals surface area contributed by atoms with Gasteiger partial charge in [-0.15, -0.1) is 11.3 Å². The molecular weight excluding hydrogens is 306 g/mol. The smallest absolute Gasteiger partial charge is 0.273 e. The average molecular weight is 323 g/mol. The van der Waals surface area contributed by atoms with Crippen molar-refractivity contribution < 1.29 is 13.2 Å². The van der Waals surface area contributed by atoms with Gasteiger partial charge in [0, 0.05) is 6.61 Å². The Morgan fingerprint density at radius 2 is 2.00 bits per heavy atom. The molecule has 2 aromatic rings. The minimum atomic E-state index is -3.53. The van der Waals surface area contributed by atoms with Gasteiger partial charge in [-0.05, 0) is 36.4 Å². The highest BCUT2D eigenvalue weighted by atomic mass is 32.2. The highest BCUT2D eigenvalue weighted by molar-refractivity contribution is 7.94. The number of para-hydroxylation sites is 1. The highest BCUT2D eigenvalue weighted by Crippen LogP contribution is 2.28. The van der Waals surface area contributed by atoms with E-state index in [-0.39, 0.29) is 6.10 Å². The molecule has 1 aromatic carbocycles. The van der Waals surface area contributed by atoms with Crippen LogP contribution in [-0.4, -0.2) is 27.7 Å². The van der Waals surface area contributed by atoms with Crippen LogP contribution in [0.3, 0.4) is 0 Å². The number of benzene rings is 1. The largest absolute Gasteiger partial charge is 0.376 e. The fourth-order valence-electron chi connectivity index (χ4n) is 2.43. The summed E-state index contributed by atoms with van der Waals surface area (Å²) in [5, 5.41) is 1.78. The molecule has 0 spiro atoms. The maximum Gasteiger partial charge on any atom is 0.273 e. The van der Waals surface area contributed by atoms with Crippen LogP contribution in [0.5, 0.6) is 0 Å². The van der Waals surface area contributed by atoms with Gasteiger partial charge in [0.1, 0.15) is 4.21 Å². The molecule has 0 saturated carbocycles. The average Bonchev–Trinajstić information content (AvgIpc) is 3.19. The molecular formula is C15H17NO3S2. The molecule has 0 N–H and O–H groups in total. The lowest BCUT2D eigenvalue weighted by atomic mass is 10.2. The van der Waals surface area contributed by atoms with E-state index in [1.54, 1.807) is 17.5 Å². The van der Waals surface area contributed by atoms with Crippen molar-refractivity contribution in [3.63, 3.8) is 0 Å². The van der Waals surface area contributed by atoms with Crippen LogP contribution in [0, 0.1) is 0 Å². The Morgan fingerprint density at radius 1 is 1.19 bits per heavy atom. The number of hydrogen-bond acceptors (Lipinski definition) is 4. The number of anilines is 1. The summed E-state index contributed by atoms with van der Waals surface area (Å²) >= 11 is 1.24. The summed E-state index contributed by atoms with van der Waals surface area (Å²) in [4.78, 5) is 0. The first-order chi connectivity index (χ1) is 10.2. The van der Waals surface area contributed by atoms with Crippen LogP contribution in [0.1, 0.15) is 12.8 Å². The van der Waals surface area contributed by atoms with Crippen molar-refractivity contribution in [3.8, 4) is 0 Å². The van der Waals surface area contributed by atoms with Gasteiger partial charge in [-0.2, -0.15) is 0 Å². The summed E-state index contributed by atoms with van der Waals surface area (Å²) in [6.45, 7) is 1.08. The Bertz CT molecular complexity index is 662. The van der Waals surface area contributed by atoms with Gasteiger partial charge in [0.25, 0.3) is 10.0 Å². The molecule has 1 atom stereocenters. The minimum absolute atomic E-state index is 0.0278. The van der Waals surface area contributed by atoms with E-state index in [4.69, 9.17) is 4.74 Å². The van der Waals surface area contributed by atoms with Gasteiger partial charge in [-0.1, -0.05) is 24.3 Å². The third kappa shape index (κ3) is 3.12. The normalized spacial score (nSPS) is 18.8. The zero-order valence-electron chi connectivity index (χ0n) is 11.5. The Balaban J connectivity index is 1.95. The van der Waals surface area contributed by atoms with Crippen molar-refractivity contribution in [1.29, 1.82) is 0 Å². The van der Waals surface area contributed by atoms with Crippen LogP contribution in [0.4, 0.5) is 5.69 Å². The third-order valence-corrected chi connectivity index (χ3v) is 6.64. The van der Waals surface area contributed by atoms with Crippen molar-refractivity contribution in [2.75, 3.05) is 17.5 Å². The number of hydrogen-bond donors (Lipinski definition) is 0. The van der Waals surface area contributed by atoms with Crippen LogP contribution < -0.4 is 4.31 Å². The molecule has 3 rings (SSSR count). The molecule has 112 valence electrons. The summed E-state index contributed by atoms with van der Waals surface area (Å²) in [6.07, 6.45) is 1.87. The zero-order valence-corrected chi connectivity index (χ0v) is 13.1. The molecule has 1 aliphatic heterocycles. The van der Waals surface area contributed by atoms with Crippen molar-refractivity contribution in [2.24, 2.45) is 0 Å². The summed E-state index contributed by atoms with van der Waals surface area (Å²) in [5.74, 6) is 0. The molecule has 0 radical (unpaired) electrons. The van der Waals surface area contributed by atoms with Crippen molar-refractivity contribution in [3.05, 3.63) is 47.8 Å². The Hall–Kier alpha value is -1.37. The Labute approximate surface area is 129 Å². The topological polar surface area (TPSA) is 46.6 Å². The lowest BCUT2D eigenvalue weighted by Crippen LogP contribution is -2.37. The highest BCUT2D eigenvalue weighted by Gasteiger charge is 2.29. The molecule has 0 aliphatic carbocycles. The van der Waals surface area contributed by atoms with E-state index in [0.717, 1.165) is 12.8 Å². The number of rotatable bonds is 5. The Kier molecular flexibility index (Phi) is 4.28. The second-order valence-corrected chi connectivity index (χ2v) is 7.98. The molecule has 1 unspecified atom stereocenters. The molecule has 1 aliphatic rings. The van der Waals surface area contributed by atoms with Gasteiger partial charge < -0.3 is 4.74 Å². The van der Waals surface area contributed by atoms with Crippen molar-refractivity contribution >= 4 is 27.0 Å². The number of ether oxygens (including phenoxy) is 1. The van der Waals surface area contributed by atoms with Gasteiger partial charge in [-0.25, -0.2) is 8.42 Å². The van der Waals surface area contributed by atoms with E-state index < -0.39 is 10.0 Å². The van der Waals surface area contributed by atoms with Crippen LogP contribution in [0.2, 0.25) is 0 Å². The van der Waals surface area contributed by atoms with Gasteiger partial charge in [0.05, 0.1) is 18.3 Å². The fraction of sp³-hybridized carbons (Fsp3) is 0.333. The monoisotopic (exact) mass is 323 g/mol. The predicted molar refractivity (Wildman–Crippen MR) is 84.3 cm³/mol.